The maximum atomic E-state index is 14.0. The van der Waals surface area contributed by atoms with Gasteiger partial charge in [-0.05, 0) is 164 Å². The molecule has 4 aliphatic rings. The number of fused-ring (bicyclic) bond motifs is 2. The van der Waals surface area contributed by atoms with E-state index in [1.165, 1.54) is 4.90 Å². The van der Waals surface area contributed by atoms with Crippen LogP contribution in [0, 0.1) is 0 Å². The van der Waals surface area contributed by atoms with Gasteiger partial charge in [0.05, 0.1) is 33.6 Å². The van der Waals surface area contributed by atoms with E-state index < -0.39 is 32.4 Å². The Morgan fingerprint density at radius 1 is 0.630 bits per heavy atom. The van der Waals surface area contributed by atoms with Gasteiger partial charge in [0.25, 0.3) is 0 Å². The summed E-state index contributed by atoms with van der Waals surface area (Å²) < 4.78 is 54.9. The fraction of sp³-hybridized carbons (Fsp3) is 0.491. The van der Waals surface area contributed by atoms with Gasteiger partial charge in [-0.1, -0.05) is 31.7 Å². The number of ether oxygens (including phenoxy) is 4. The third-order valence-electron chi connectivity index (χ3n) is 13.2. The second kappa shape index (κ2) is 21.9. The number of hydrogen-bond acceptors (Lipinski definition) is 13. The highest BCUT2D eigenvalue weighted by Gasteiger charge is 2.39. The molecule has 2 aromatic heterocycles. The Kier molecular flexibility index (Phi) is 16.1. The monoisotopic (exact) mass is 1040 g/mol. The first-order chi connectivity index (χ1) is 34.3. The number of carbonyl (C=O) groups is 2. The van der Waals surface area contributed by atoms with Crippen LogP contribution in [0.1, 0.15) is 113 Å². The summed E-state index contributed by atoms with van der Waals surface area (Å²) >= 11 is 1.80. The molecule has 4 atom stereocenters. The number of phenols is 2. The van der Waals surface area contributed by atoms with Crippen molar-refractivity contribution in [2.24, 2.45) is 0 Å². The third-order valence-corrected chi connectivity index (χ3v) is 16.8. The van der Waals surface area contributed by atoms with E-state index in [2.05, 4.69) is 17.2 Å². The number of thioether (sulfide) groups is 1. The van der Waals surface area contributed by atoms with Crippen LogP contribution in [0.2, 0.25) is 0 Å². The standard InChI is InChI=1S/C27H33N3O6S.C27H33N3O4S.CH4/c1-27(2,3)36-26(32)29-12-11-21(17-29)37(33,34)24-15-19(18-7-9-20(31)10-8-18)14-23-22(24)16-28-30(23)25-6-4-5-13-35-25;1-27(2,3)34-26(32)29-12-11-21(17-29)35-24-15-19(18-7-9-20(31)10-8-18)14-23-22(24)16-28-30(23)25-6-4-5-13-33-25;/h7-10,14-16,21,25,31H,4-6,11-13,17H2,1-3H3;7-10,14-16,21,25,31H,4-6,11-13,17H2,1-3H3;1H4/t2*21-,25?;/m00./s1. The molecule has 0 bridgehead atoms. The average Bonchev–Trinajstić information content (AvgIpc) is 4.19. The lowest BCUT2D eigenvalue weighted by Crippen LogP contribution is -2.36. The van der Waals surface area contributed by atoms with Gasteiger partial charge in [0.2, 0.25) is 0 Å². The molecule has 16 nitrogen and oxygen atoms in total. The van der Waals surface area contributed by atoms with Crippen molar-refractivity contribution < 1.29 is 47.2 Å². The van der Waals surface area contributed by atoms with Gasteiger partial charge in [0.1, 0.15) is 22.7 Å². The van der Waals surface area contributed by atoms with Crippen molar-refractivity contribution in [2.75, 3.05) is 39.4 Å². The van der Waals surface area contributed by atoms with Gasteiger partial charge in [-0.3, -0.25) is 0 Å². The molecule has 0 spiro atoms. The van der Waals surface area contributed by atoms with Gasteiger partial charge in [-0.2, -0.15) is 10.2 Å². The molecular formula is C55H70N6O10S2. The molecule has 2 unspecified atom stereocenters. The van der Waals surface area contributed by atoms with Gasteiger partial charge >= 0.3 is 12.2 Å². The normalized spacial score (nSPS) is 20.6. The van der Waals surface area contributed by atoms with Crippen LogP contribution in [0.25, 0.3) is 44.1 Å². The van der Waals surface area contributed by atoms with Crippen LogP contribution in [0.5, 0.6) is 11.5 Å². The van der Waals surface area contributed by atoms with Crippen molar-refractivity contribution in [2.45, 2.75) is 144 Å². The number of sulfone groups is 1. The Morgan fingerprint density at radius 3 is 1.62 bits per heavy atom. The van der Waals surface area contributed by atoms with E-state index in [9.17, 15) is 28.2 Å². The smallest absolute Gasteiger partial charge is 0.410 e. The van der Waals surface area contributed by atoms with Crippen LogP contribution >= 0.6 is 11.8 Å². The van der Waals surface area contributed by atoms with Crippen LogP contribution in [0.15, 0.2) is 95.0 Å². The Morgan fingerprint density at radius 2 is 1.11 bits per heavy atom. The van der Waals surface area contributed by atoms with E-state index in [1.54, 1.807) is 85.9 Å². The zero-order chi connectivity index (χ0) is 51.0. The predicted octanol–water partition coefficient (Wildman–Crippen LogP) is 11.7. The quantitative estimate of drug-likeness (QED) is 0.147. The molecule has 4 aliphatic heterocycles. The van der Waals surface area contributed by atoms with Crippen molar-refractivity contribution in [1.82, 2.24) is 29.4 Å². The van der Waals surface area contributed by atoms with Crippen LogP contribution < -0.4 is 0 Å². The number of benzene rings is 4. The summed E-state index contributed by atoms with van der Waals surface area (Å²) in [5.74, 6) is 0.379. The largest absolute Gasteiger partial charge is 0.508 e. The third kappa shape index (κ3) is 12.4. The Balaban J connectivity index is 0.000000192. The van der Waals surface area contributed by atoms with E-state index in [0.29, 0.717) is 49.1 Å². The SMILES string of the molecule is C.CC(C)(C)OC(=O)N1CC[C@H](S(=O)(=O)c2cc(-c3ccc(O)cc3)cc3c2cnn3C2CCCCO2)C1.CC(C)(C)OC(=O)N1CC[C@H](Sc2cc(-c3ccc(O)cc3)cc3c2cnn3C2CCCCO2)C1. The maximum Gasteiger partial charge on any atom is 0.410 e. The minimum atomic E-state index is -3.82. The van der Waals surface area contributed by atoms with E-state index in [4.69, 9.17) is 24.0 Å². The number of carbonyl (C=O) groups excluding carboxylic acids is 2. The number of phenolic OH excluding ortho intramolecular Hbond substituents is 2. The summed E-state index contributed by atoms with van der Waals surface area (Å²) in [4.78, 5) is 29.8. The first-order valence-electron chi connectivity index (χ1n) is 25.0. The second-order valence-corrected chi connectivity index (χ2v) is 24.6. The number of hydrogen-bond donors (Lipinski definition) is 2. The van der Waals surface area contributed by atoms with Crippen molar-refractivity contribution in [3.8, 4) is 33.8 Å². The molecule has 0 saturated carbocycles. The van der Waals surface area contributed by atoms with Crippen molar-refractivity contribution in [1.29, 1.82) is 0 Å². The first-order valence-corrected chi connectivity index (χ1v) is 27.4. The minimum Gasteiger partial charge on any atom is -0.508 e. The molecule has 6 aromatic rings. The highest BCUT2D eigenvalue weighted by Crippen LogP contribution is 2.41. The van der Waals surface area contributed by atoms with E-state index in [0.717, 1.165) is 84.0 Å². The Labute approximate surface area is 432 Å². The van der Waals surface area contributed by atoms with Crippen LogP contribution in [0.3, 0.4) is 0 Å². The lowest BCUT2D eigenvalue weighted by molar-refractivity contribution is -0.0367. The zero-order valence-corrected chi connectivity index (χ0v) is 43.6. The summed E-state index contributed by atoms with van der Waals surface area (Å²) in [6, 6.07) is 21.9. The fourth-order valence-corrected chi connectivity index (χ4v) is 12.9. The van der Waals surface area contributed by atoms with Gasteiger partial charge in [0, 0.05) is 60.3 Å². The molecule has 0 aliphatic carbocycles. The van der Waals surface area contributed by atoms with Crippen LogP contribution in [-0.4, -0.2) is 121 Å². The molecule has 6 heterocycles. The molecule has 392 valence electrons. The fourth-order valence-electron chi connectivity index (χ4n) is 9.64. The first kappa shape index (κ1) is 53.5. The molecule has 4 aromatic carbocycles. The zero-order valence-electron chi connectivity index (χ0n) is 42.0. The number of aromatic nitrogens is 4. The summed E-state index contributed by atoms with van der Waals surface area (Å²) in [6.07, 6.45) is 9.70. The summed E-state index contributed by atoms with van der Waals surface area (Å²) in [5.41, 5.74) is 4.15. The number of aromatic hydroxyl groups is 2. The van der Waals surface area contributed by atoms with Gasteiger partial charge in [0.15, 0.2) is 22.3 Å². The molecular weight excluding hydrogens is 969 g/mol. The number of likely N-dealkylation sites (tertiary alicyclic amines) is 2. The lowest BCUT2D eigenvalue weighted by atomic mass is 10.0. The molecule has 18 heteroatoms. The summed E-state index contributed by atoms with van der Waals surface area (Å²) in [6.45, 7) is 14.2. The molecule has 2 amide bonds. The highest BCUT2D eigenvalue weighted by molar-refractivity contribution is 8.00. The summed E-state index contributed by atoms with van der Waals surface area (Å²) in [5, 5.41) is 30.0. The molecule has 10 rings (SSSR count). The van der Waals surface area contributed by atoms with Crippen molar-refractivity contribution in [3.63, 3.8) is 0 Å². The minimum absolute atomic E-state index is 0. The number of rotatable bonds is 8. The number of nitrogens with zero attached hydrogens (tertiary/aromatic N) is 6. The van der Waals surface area contributed by atoms with Crippen LogP contribution in [-0.2, 0) is 28.8 Å². The van der Waals surface area contributed by atoms with Crippen molar-refractivity contribution in [3.05, 3.63) is 85.2 Å². The Bertz CT molecular complexity index is 3000. The molecule has 73 heavy (non-hydrogen) atoms. The molecule has 2 N–H and O–H groups in total. The predicted molar refractivity (Wildman–Crippen MR) is 284 cm³/mol. The van der Waals surface area contributed by atoms with Crippen LogP contribution in [0.4, 0.5) is 9.59 Å². The molecule has 4 saturated heterocycles. The highest BCUT2D eigenvalue weighted by atomic mass is 32.2. The molecule has 0 radical (unpaired) electrons. The molecule has 4 fully saturated rings. The lowest BCUT2D eigenvalue weighted by Gasteiger charge is -2.24. The van der Waals surface area contributed by atoms with Gasteiger partial charge in [-0.15, -0.1) is 11.8 Å². The second-order valence-electron chi connectivity index (χ2n) is 21.1. The van der Waals surface area contributed by atoms with Gasteiger partial charge in [-0.25, -0.2) is 27.4 Å². The average molecular weight is 1040 g/mol. The topological polar surface area (TPSA) is 188 Å². The van der Waals surface area contributed by atoms with E-state index in [-0.39, 0.29) is 54.2 Å². The Hall–Kier alpha value is -5.82. The van der Waals surface area contributed by atoms with Gasteiger partial charge < -0.3 is 39.0 Å². The van der Waals surface area contributed by atoms with E-state index >= 15 is 0 Å². The van der Waals surface area contributed by atoms with Crippen molar-refractivity contribution >= 4 is 55.6 Å². The maximum absolute atomic E-state index is 14.0. The number of amides is 2. The summed E-state index contributed by atoms with van der Waals surface area (Å²) in [7, 11) is -3.82. The van der Waals surface area contributed by atoms with E-state index in [1.807, 2.05) is 54.7 Å².